The van der Waals surface area contributed by atoms with Crippen molar-refractivity contribution in [1.82, 2.24) is 0 Å². The van der Waals surface area contributed by atoms with Crippen LogP contribution in [0.15, 0.2) is 108 Å². The van der Waals surface area contributed by atoms with E-state index < -0.39 is 107 Å². The zero-order valence-electron chi connectivity index (χ0n) is 33.4. The van der Waals surface area contributed by atoms with Crippen LogP contribution in [-0.4, -0.2) is 140 Å². The van der Waals surface area contributed by atoms with Crippen LogP contribution < -0.4 is 4.90 Å². The van der Waals surface area contributed by atoms with Gasteiger partial charge in [0.2, 0.25) is 5.91 Å². The number of nitrogens with zero attached hydrogens (tertiary/aromatic N) is 1. The maximum Gasteiger partial charge on any atom is 0.236 e. The summed E-state index contributed by atoms with van der Waals surface area (Å²) in [5, 5.41) is 95.4. The smallest absolute Gasteiger partial charge is 0.236 e. The Morgan fingerprint density at radius 2 is 1.27 bits per heavy atom. The number of ether oxygens (including phenoxy) is 3. The van der Waals surface area contributed by atoms with Crippen LogP contribution in [-0.2, 0) is 34.4 Å². The molecule has 9 N–H and O–H groups in total. The lowest BCUT2D eigenvalue weighted by atomic mass is 9.56. The predicted octanol–water partition coefficient (Wildman–Crippen LogP) is 1.04. The second-order valence-electron chi connectivity index (χ2n) is 16.7. The highest BCUT2D eigenvalue weighted by Gasteiger charge is 2.64. The molecule has 4 aliphatic rings. The zero-order chi connectivity index (χ0) is 44.1. The molecular formula is C45H51NO15S. The molecule has 4 fully saturated rings. The number of sulfone groups is 1. The molecule has 17 heteroatoms. The van der Waals surface area contributed by atoms with Gasteiger partial charge in [-0.1, -0.05) is 72.8 Å². The van der Waals surface area contributed by atoms with Crippen molar-refractivity contribution in [1.29, 1.82) is 0 Å². The highest BCUT2D eigenvalue weighted by atomic mass is 32.2. The molecule has 16 nitrogen and oxygen atoms in total. The van der Waals surface area contributed by atoms with Crippen LogP contribution in [0.4, 0.5) is 5.69 Å². The van der Waals surface area contributed by atoms with Crippen molar-refractivity contribution in [2.45, 2.75) is 103 Å². The summed E-state index contributed by atoms with van der Waals surface area (Å²) in [6, 6.07) is 29.0. The van der Waals surface area contributed by atoms with E-state index in [1.807, 2.05) is 60.7 Å². The minimum Gasteiger partial charge on any atom is -0.508 e. The SMILES string of the molecule is O=C1N(c2ccccc2)[C@H](c2ccc(-c3ccc(S(=O)(=O)C[C@@H]4OC(CO)[C@@H](O[C@@H]5OC(CO)[C@@H](O)C(O)[C@@H]5O)C(O)[C@@H]4O)cc3)cc2O)C12CCC(O)(c1ccccc1)CC2. The molecule has 3 heterocycles. The highest BCUT2D eigenvalue weighted by molar-refractivity contribution is 7.91. The fourth-order valence-electron chi connectivity index (χ4n) is 9.51. The minimum absolute atomic E-state index is 0.0600. The maximum atomic E-state index is 14.1. The van der Waals surface area contributed by atoms with Crippen LogP contribution in [0.1, 0.15) is 42.9 Å². The number of para-hydroxylation sites is 1. The molecule has 332 valence electrons. The number of anilines is 1. The number of phenolic OH excluding ortho intramolecular Hbond substituents is 1. The van der Waals surface area contributed by atoms with Crippen LogP contribution >= 0.6 is 0 Å². The summed E-state index contributed by atoms with van der Waals surface area (Å²) in [6.07, 6.45) is -15.1. The number of carbonyl (C=O) groups is 1. The van der Waals surface area contributed by atoms with E-state index in [4.69, 9.17) is 14.2 Å². The number of hydrogen-bond donors (Lipinski definition) is 9. The van der Waals surface area contributed by atoms with Gasteiger partial charge in [-0.05, 0) is 72.7 Å². The van der Waals surface area contributed by atoms with Crippen LogP contribution in [0.5, 0.6) is 5.75 Å². The molecule has 62 heavy (non-hydrogen) atoms. The molecule has 0 radical (unpaired) electrons. The molecule has 0 aromatic heterocycles. The van der Waals surface area contributed by atoms with Crippen LogP contribution in [0, 0.1) is 5.41 Å². The number of aromatic hydroxyl groups is 1. The zero-order valence-corrected chi connectivity index (χ0v) is 34.3. The Morgan fingerprint density at radius 3 is 1.89 bits per heavy atom. The predicted molar refractivity (Wildman–Crippen MR) is 220 cm³/mol. The fourth-order valence-corrected chi connectivity index (χ4v) is 11.0. The van der Waals surface area contributed by atoms with Gasteiger partial charge >= 0.3 is 0 Å². The average molecular weight is 878 g/mol. The number of aliphatic hydroxyl groups is 8. The van der Waals surface area contributed by atoms with Gasteiger partial charge in [-0.15, -0.1) is 0 Å². The third-order valence-electron chi connectivity index (χ3n) is 13.1. The first kappa shape index (κ1) is 44.3. The highest BCUT2D eigenvalue weighted by Crippen LogP contribution is 2.62. The van der Waals surface area contributed by atoms with Crippen molar-refractivity contribution in [3.8, 4) is 16.9 Å². The molecule has 0 bridgehead atoms. The molecule has 8 rings (SSSR count). The van der Waals surface area contributed by atoms with E-state index in [0.717, 1.165) is 5.56 Å². The molecular weight excluding hydrogens is 827 g/mol. The van der Waals surface area contributed by atoms with Gasteiger partial charge in [-0.3, -0.25) is 4.79 Å². The maximum absolute atomic E-state index is 14.1. The van der Waals surface area contributed by atoms with Gasteiger partial charge in [0.25, 0.3) is 0 Å². The number of phenols is 1. The Balaban J connectivity index is 0.974. The van der Waals surface area contributed by atoms with Crippen LogP contribution in [0.2, 0.25) is 0 Å². The van der Waals surface area contributed by atoms with E-state index in [0.29, 0.717) is 48.1 Å². The van der Waals surface area contributed by atoms with Gasteiger partial charge in [0.1, 0.15) is 60.7 Å². The first-order valence-electron chi connectivity index (χ1n) is 20.5. The lowest BCUT2D eigenvalue weighted by Crippen LogP contribution is -2.65. The standard InChI is InChI=1S/C45H51NO15S/c47-22-32-35(50)37(52)39(54)42(60-32)61-40-33(23-48)59-34(36(51)38(40)53)24-62(57,58)29-14-11-25(12-15-29)26-13-16-30(31(49)21-26)41-44(43(55)46(41)28-9-5-2-6-10-28)17-19-45(56,20-18-44)27-7-3-1-4-8-27/h1-16,21,32-42,47-54,56H,17-20,22-24H2/t32?,33?,34-,35+,36+,37?,38?,39-,40+,41+,42-,44?,45?/m0/s1. The number of carbonyl (C=O) groups excluding carboxylic acids is 1. The molecule has 11 atom stereocenters. The van der Waals surface area contributed by atoms with Gasteiger partial charge in [0.15, 0.2) is 16.1 Å². The van der Waals surface area contributed by atoms with Crippen molar-refractivity contribution in [2.24, 2.45) is 5.41 Å². The number of amides is 1. The molecule has 4 aromatic rings. The first-order chi connectivity index (χ1) is 29.6. The summed E-state index contributed by atoms with van der Waals surface area (Å²) >= 11 is 0. The van der Waals surface area contributed by atoms with Gasteiger partial charge < -0.3 is 65.1 Å². The lowest BCUT2D eigenvalue weighted by molar-refractivity contribution is -0.341. The van der Waals surface area contributed by atoms with E-state index in [1.165, 1.54) is 12.1 Å². The van der Waals surface area contributed by atoms with E-state index in [-0.39, 0.29) is 16.6 Å². The number of hydrogen-bond acceptors (Lipinski definition) is 15. The summed E-state index contributed by atoms with van der Waals surface area (Å²) in [6.45, 7) is -1.57. The van der Waals surface area contributed by atoms with Gasteiger partial charge in [-0.25, -0.2) is 8.42 Å². The topological polar surface area (TPSA) is 264 Å². The van der Waals surface area contributed by atoms with E-state index in [9.17, 15) is 59.2 Å². The van der Waals surface area contributed by atoms with Crippen molar-refractivity contribution in [3.63, 3.8) is 0 Å². The molecule has 1 spiro atoms. The van der Waals surface area contributed by atoms with Crippen molar-refractivity contribution < 1.29 is 73.4 Å². The number of aliphatic hydroxyl groups excluding tert-OH is 7. The lowest BCUT2D eigenvalue weighted by Gasteiger charge is -2.59. The number of benzene rings is 4. The van der Waals surface area contributed by atoms with E-state index in [1.54, 1.807) is 35.2 Å². The molecule has 1 aliphatic carbocycles. The van der Waals surface area contributed by atoms with Crippen molar-refractivity contribution in [2.75, 3.05) is 23.9 Å². The molecule has 1 amide bonds. The van der Waals surface area contributed by atoms with E-state index >= 15 is 0 Å². The second kappa shape index (κ2) is 17.3. The summed E-state index contributed by atoms with van der Waals surface area (Å²) in [7, 11) is -4.20. The summed E-state index contributed by atoms with van der Waals surface area (Å²) in [5.41, 5.74) is 1.22. The van der Waals surface area contributed by atoms with E-state index in [2.05, 4.69) is 0 Å². The van der Waals surface area contributed by atoms with Gasteiger partial charge in [0.05, 0.1) is 40.9 Å². The quantitative estimate of drug-likeness (QED) is 0.0954. The van der Waals surface area contributed by atoms with Gasteiger partial charge in [-0.2, -0.15) is 0 Å². The monoisotopic (exact) mass is 877 g/mol. The Morgan fingerprint density at radius 1 is 0.677 bits per heavy atom. The minimum atomic E-state index is -4.20. The average Bonchev–Trinajstić information content (AvgIpc) is 3.29. The Kier molecular flexibility index (Phi) is 12.4. The van der Waals surface area contributed by atoms with Crippen molar-refractivity contribution >= 4 is 21.4 Å². The summed E-state index contributed by atoms with van der Waals surface area (Å²) in [5.74, 6) is -0.945. The van der Waals surface area contributed by atoms with Crippen molar-refractivity contribution in [3.05, 3.63) is 114 Å². The second-order valence-corrected chi connectivity index (χ2v) is 18.8. The first-order valence-corrected chi connectivity index (χ1v) is 22.2. The molecule has 1 saturated carbocycles. The number of rotatable bonds is 11. The Hall–Kier alpha value is -4.34. The molecule has 4 aromatic carbocycles. The third-order valence-corrected chi connectivity index (χ3v) is 14.9. The van der Waals surface area contributed by atoms with Gasteiger partial charge in [0, 0.05) is 11.3 Å². The Labute approximate surface area is 357 Å². The van der Waals surface area contributed by atoms with Crippen LogP contribution in [0.3, 0.4) is 0 Å². The van der Waals surface area contributed by atoms with Crippen LogP contribution in [0.25, 0.3) is 11.1 Å². The molecule has 4 unspecified atom stereocenters. The normalized spacial score (nSPS) is 35.1. The largest absolute Gasteiger partial charge is 0.508 e. The third kappa shape index (κ3) is 7.84. The molecule has 3 aliphatic heterocycles. The fraction of sp³-hybridized carbons (Fsp3) is 0.444. The number of β-lactam (4-membered cyclic amide) rings is 1. The summed E-state index contributed by atoms with van der Waals surface area (Å²) in [4.78, 5) is 15.7. The summed E-state index contributed by atoms with van der Waals surface area (Å²) < 4.78 is 43.9. The Bertz CT molecular complexity index is 2300. The molecule has 3 saturated heterocycles.